The van der Waals surface area contributed by atoms with E-state index in [1.54, 1.807) is 6.07 Å². The number of hydrogen-bond donors (Lipinski definition) is 0. The number of halogens is 1. The van der Waals surface area contributed by atoms with E-state index in [4.69, 9.17) is 4.74 Å². The molecule has 3 saturated heterocycles. The molecule has 0 aromatic heterocycles. The Kier molecular flexibility index (Phi) is 4.65. The molecule has 3 fully saturated rings. The lowest BCUT2D eigenvalue weighted by Crippen LogP contribution is -2.34. The minimum atomic E-state index is -0.121. The van der Waals surface area contributed by atoms with Crippen LogP contribution in [0.25, 0.3) is 0 Å². The highest BCUT2D eigenvalue weighted by molar-refractivity contribution is 5.16. The molecule has 0 unspecified atom stereocenters. The second-order valence-corrected chi connectivity index (χ2v) is 7.62. The topological polar surface area (TPSA) is 15.7 Å². The second kappa shape index (κ2) is 6.88. The summed E-state index contributed by atoms with van der Waals surface area (Å²) in [5, 5.41) is 0. The summed E-state index contributed by atoms with van der Waals surface area (Å²) in [5.74, 6) is 2.34. The average molecular weight is 318 g/mol. The van der Waals surface area contributed by atoms with Gasteiger partial charge in [-0.3, -0.25) is 4.90 Å². The Labute approximate surface area is 138 Å². The van der Waals surface area contributed by atoms with Crippen LogP contribution in [0, 0.1) is 23.6 Å². The fourth-order valence-electron chi connectivity index (χ4n) is 4.65. The van der Waals surface area contributed by atoms with Crippen molar-refractivity contribution in [2.45, 2.75) is 19.4 Å². The van der Waals surface area contributed by atoms with Gasteiger partial charge in [0.25, 0.3) is 0 Å². The number of benzene rings is 1. The molecule has 3 aliphatic heterocycles. The monoisotopic (exact) mass is 318 g/mol. The van der Waals surface area contributed by atoms with Gasteiger partial charge in [-0.2, -0.15) is 0 Å². The summed E-state index contributed by atoms with van der Waals surface area (Å²) < 4.78 is 18.8. The largest absolute Gasteiger partial charge is 0.381 e. The summed E-state index contributed by atoms with van der Waals surface area (Å²) in [7, 11) is 0. The predicted molar refractivity (Wildman–Crippen MR) is 88.6 cm³/mol. The summed E-state index contributed by atoms with van der Waals surface area (Å²) in [6, 6.07) is 7.05. The molecule has 23 heavy (non-hydrogen) atoms. The van der Waals surface area contributed by atoms with E-state index >= 15 is 0 Å². The van der Waals surface area contributed by atoms with Gasteiger partial charge in [-0.1, -0.05) is 12.1 Å². The molecule has 0 bridgehead atoms. The third-order valence-electron chi connectivity index (χ3n) is 5.79. The molecule has 2 atom stereocenters. The molecule has 126 valence electrons. The van der Waals surface area contributed by atoms with Gasteiger partial charge >= 0.3 is 0 Å². The zero-order valence-corrected chi connectivity index (χ0v) is 13.8. The maximum atomic E-state index is 13.3. The van der Waals surface area contributed by atoms with E-state index in [9.17, 15) is 4.39 Å². The first-order valence-corrected chi connectivity index (χ1v) is 9.03. The molecule has 0 amide bonds. The Balaban J connectivity index is 1.26. The highest BCUT2D eigenvalue weighted by Gasteiger charge is 2.40. The van der Waals surface area contributed by atoms with Crippen molar-refractivity contribution >= 4 is 0 Å². The standard InChI is InChI=1S/C19H27FN2O/c20-19-3-1-2-16(8-19)10-22-13-17-11-21(12-18(17)14-22)9-15-4-6-23-7-5-15/h1-3,8,15,17-18H,4-7,9-14H2/t17-,18-/m0/s1. The molecule has 0 aliphatic carbocycles. The van der Waals surface area contributed by atoms with Crippen molar-refractivity contribution in [2.24, 2.45) is 17.8 Å². The first-order chi connectivity index (χ1) is 11.3. The molecule has 3 heterocycles. The number of nitrogens with zero attached hydrogens (tertiary/aromatic N) is 2. The van der Waals surface area contributed by atoms with E-state index in [-0.39, 0.29) is 5.82 Å². The first-order valence-electron chi connectivity index (χ1n) is 9.03. The van der Waals surface area contributed by atoms with Crippen molar-refractivity contribution in [3.8, 4) is 0 Å². The minimum Gasteiger partial charge on any atom is -0.381 e. The van der Waals surface area contributed by atoms with Crippen molar-refractivity contribution in [2.75, 3.05) is 45.9 Å². The van der Waals surface area contributed by atoms with Gasteiger partial charge in [-0.25, -0.2) is 4.39 Å². The van der Waals surface area contributed by atoms with Gasteiger partial charge < -0.3 is 9.64 Å². The van der Waals surface area contributed by atoms with Crippen LogP contribution < -0.4 is 0 Å². The fourth-order valence-corrected chi connectivity index (χ4v) is 4.65. The molecule has 3 aliphatic rings. The predicted octanol–water partition coefficient (Wildman–Crippen LogP) is 2.62. The quantitative estimate of drug-likeness (QED) is 0.849. The van der Waals surface area contributed by atoms with E-state index < -0.39 is 0 Å². The number of fused-ring (bicyclic) bond motifs is 1. The molecular weight excluding hydrogens is 291 g/mol. The highest BCUT2D eigenvalue weighted by atomic mass is 19.1. The van der Waals surface area contributed by atoms with Crippen LogP contribution in [0.5, 0.6) is 0 Å². The van der Waals surface area contributed by atoms with Gasteiger partial charge in [0.15, 0.2) is 0 Å². The van der Waals surface area contributed by atoms with E-state index in [2.05, 4.69) is 9.80 Å². The van der Waals surface area contributed by atoms with Crippen molar-refractivity contribution < 1.29 is 9.13 Å². The second-order valence-electron chi connectivity index (χ2n) is 7.62. The van der Waals surface area contributed by atoms with Crippen LogP contribution in [-0.4, -0.2) is 55.7 Å². The lowest BCUT2D eigenvalue weighted by molar-refractivity contribution is 0.0541. The molecule has 0 N–H and O–H groups in total. The smallest absolute Gasteiger partial charge is 0.123 e. The van der Waals surface area contributed by atoms with E-state index in [0.29, 0.717) is 0 Å². The molecule has 1 aromatic rings. The maximum absolute atomic E-state index is 13.3. The third kappa shape index (κ3) is 3.76. The zero-order chi connectivity index (χ0) is 15.6. The molecule has 0 saturated carbocycles. The van der Waals surface area contributed by atoms with Gasteiger partial charge in [0.05, 0.1) is 0 Å². The highest BCUT2D eigenvalue weighted by Crippen LogP contribution is 2.33. The molecule has 4 rings (SSSR count). The Bertz CT molecular complexity index is 518. The van der Waals surface area contributed by atoms with Crippen molar-refractivity contribution in [1.82, 2.24) is 9.80 Å². The van der Waals surface area contributed by atoms with Gasteiger partial charge in [0.1, 0.15) is 5.82 Å². The van der Waals surface area contributed by atoms with Crippen LogP contribution in [0.1, 0.15) is 18.4 Å². The third-order valence-corrected chi connectivity index (χ3v) is 5.79. The number of hydrogen-bond acceptors (Lipinski definition) is 3. The Morgan fingerprint density at radius 2 is 1.70 bits per heavy atom. The van der Waals surface area contributed by atoms with Gasteiger partial charge in [-0.05, 0) is 48.3 Å². The normalized spacial score (nSPS) is 30.0. The molecule has 1 aromatic carbocycles. The van der Waals surface area contributed by atoms with Crippen LogP contribution in [0.15, 0.2) is 24.3 Å². The molecule has 0 radical (unpaired) electrons. The molecule has 0 spiro atoms. The van der Waals surface area contributed by atoms with Crippen molar-refractivity contribution in [1.29, 1.82) is 0 Å². The van der Waals surface area contributed by atoms with Crippen LogP contribution in [-0.2, 0) is 11.3 Å². The number of ether oxygens (including phenoxy) is 1. The Hall–Kier alpha value is -0.970. The van der Waals surface area contributed by atoms with E-state index in [0.717, 1.165) is 43.1 Å². The zero-order valence-electron chi connectivity index (χ0n) is 13.8. The number of rotatable bonds is 4. The first kappa shape index (κ1) is 15.6. The van der Waals surface area contributed by atoms with Gasteiger partial charge in [-0.15, -0.1) is 0 Å². The SMILES string of the molecule is Fc1cccc(CN2C[C@@H]3CN(CC4CCOCC4)C[C@H]3C2)c1. The maximum Gasteiger partial charge on any atom is 0.123 e. The molecule has 3 nitrogen and oxygen atoms in total. The van der Waals surface area contributed by atoms with Crippen LogP contribution >= 0.6 is 0 Å². The molecular formula is C19H27FN2O. The van der Waals surface area contributed by atoms with E-state index in [1.165, 1.54) is 51.6 Å². The fraction of sp³-hybridized carbons (Fsp3) is 0.684. The number of likely N-dealkylation sites (tertiary alicyclic amines) is 2. The average Bonchev–Trinajstić information content (AvgIpc) is 3.06. The van der Waals surface area contributed by atoms with Crippen LogP contribution in [0.4, 0.5) is 4.39 Å². The summed E-state index contributed by atoms with van der Waals surface area (Å²) >= 11 is 0. The van der Waals surface area contributed by atoms with E-state index in [1.807, 2.05) is 12.1 Å². The van der Waals surface area contributed by atoms with Crippen molar-refractivity contribution in [3.05, 3.63) is 35.6 Å². The van der Waals surface area contributed by atoms with Gasteiger partial charge in [0, 0.05) is 52.5 Å². The lowest BCUT2D eigenvalue weighted by atomic mass is 10.00. The summed E-state index contributed by atoms with van der Waals surface area (Å²) in [6.45, 7) is 8.91. The van der Waals surface area contributed by atoms with Crippen LogP contribution in [0.3, 0.4) is 0 Å². The summed E-state index contributed by atoms with van der Waals surface area (Å²) in [4.78, 5) is 5.20. The Morgan fingerprint density at radius 1 is 1.00 bits per heavy atom. The van der Waals surface area contributed by atoms with Crippen molar-refractivity contribution in [3.63, 3.8) is 0 Å². The van der Waals surface area contributed by atoms with Crippen LogP contribution in [0.2, 0.25) is 0 Å². The minimum absolute atomic E-state index is 0.121. The summed E-state index contributed by atoms with van der Waals surface area (Å²) in [5.41, 5.74) is 1.10. The lowest BCUT2D eigenvalue weighted by Gasteiger charge is -2.28. The Morgan fingerprint density at radius 3 is 2.39 bits per heavy atom. The van der Waals surface area contributed by atoms with Gasteiger partial charge in [0.2, 0.25) is 0 Å². The molecule has 4 heteroatoms. The summed E-state index contributed by atoms with van der Waals surface area (Å²) in [6.07, 6.45) is 2.47.